The zero-order chi connectivity index (χ0) is 21.4. The van der Waals surface area contributed by atoms with Crippen molar-refractivity contribution in [2.45, 2.75) is 50.8 Å². The zero-order valence-electron chi connectivity index (χ0n) is 17.6. The smallest absolute Gasteiger partial charge is 0.246 e. The number of nitrogens with zero attached hydrogens (tertiary/aromatic N) is 1. The van der Waals surface area contributed by atoms with Crippen LogP contribution >= 0.6 is 0 Å². The largest absolute Gasteiger partial charge is 0.493 e. The molecule has 1 aromatic carbocycles. The van der Waals surface area contributed by atoms with Crippen LogP contribution in [0, 0.1) is 17.7 Å². The third-order valence-corrected chi connectivity index (χ3v) is 6.25. The molecular weight excluding hydrogens is 393 g/mol. The molecule has 1 aliphatic rings. The van der Waals surface area contributed by atoms with E-state index in [1.165, 1.54) is 12.1 Å². The molecule has 1 aliphatic heterocycles. The Bertz CT molecular complexity index is 812. The van der Waals surface area contributed by atoms with Crippen molar-refractivity contribution in [2.75, 3.05) is 26.0 Å². The first-order chi connectivity index (χ1) is 13.7. The standard InChI is InChI=1S/C22H32FNO4S/c1-17(2)6-4-8-22(25)24-13-11-18(12-14-24)7-5-15-28-19-9-10-21(20(23)16-19)29(3,26)27/h4,8-10,16-18H,5-7,11-15H2,1-3H3. The van der Waals surface area contributed by atoms with Gasteiger partial charge in [-0.25, -0.2) is 12.8 Å². The van der Waals surface area contributed by atoms with Gasteiger partial charge >= 0.3 is 0 Å². The molecule has 0 N–H and O–H groups in total. The number of ether oxygens (including phenoxy) is 1. The Kier molecular flexibility index (Phi) is 8.68. The number of amides is 1. The van der Waals surface area contributed by atoms with Gasteiger partial charge in [0.05, 0.1) is 6.61 Å². The zero-order valence-corrected chi connectivity index (χ0v) is 18.4. The summed E-state index contributed by atoms with van der Waals surface area (Å²) in [6, 6.07) is 3.84. The number of hydrogen-bond donors (Lipinski definition) is 0. The van der Waals surface area contributed by atoms with E-state index in [9.17, 15) is 17.6 Å². The first-order valence-corrected chi connectivity index (χ1v) is 12.1. The van der Waals surface area contributed by atoms with Crippen molar-refractivity contribution in [3.05, 3.63) is 36.2 Å². The Labute approximate surface area is 173 Å². The molecule has 0 spiro atoms. The second-order valence-electron chi connectivity index (χ2n) is 8.16. The van der Waals surface area contributed by atoms with Gasteiger partial charge in [-0.3, -0.25) is 4.79 Å². The monoisotopic (exact) mass is 425 g/mol. The van der Waals surface area contributed by atoms with Crippen LogP contribution in [0.2, 0.25) is 0 Å². The molecule has 5 nitrogen and oxygen atoms in total. The van der Waals surface area contributed by atoms with E-state index in [0.717, 1.165) is 57.5 Å². The summed E-state index contributed by atoms with van der Waals surface area (Å²) >= 11 is 0. The van der Waals surface area contributed by atoms with Crippen LogP contribution in [0.4, 0.5) is 4.39 Å². The minimum Gasteiger partial charge on any atom is -0.493 e. The fraction of sp³-hybridized carbons (Fsp3) is 0.591. The summed E-state index contributed by atoms with van der Waals surface area (Å²) in [5, 5.41) is 0. The lowest BCUT2D eigenvalue weighted by Gasteiger charge is -2.31. The number of benzene rings is 1. The first-order valence-electron chi connectivity index (χ1n) is 10.2. The topological polar surface area (TPSA) is 63.7 Å². The number of piperidine rings is 1. The van der Waals surface area contributed by atoms with Crippen LogP contribution in [0.1, 0.15) is 46.0 Å². The summed E-state index contributed by atoms with van der Waals surface area (Å²) in [7, 11) is -3.57. The molecule has 0 atom stereocenters. The molecule has 1 heterocycles. The third-order valence-electron chi connectivity index (χ3n) is 5.12. The number of halogens is 1. The summed E-state index contributed by atoms with van der Waals surface area (Å²) < 4.78 is 42.3. The average Bonchev–Trinajstić information content (AvgIpc) is 2.64. The van der Waals surface area contributed by atoms with E-state index in [4.69, 9.17) is 4.74 Å². The van der Waals surface area contributed by atoms with Crippen LogP contribution in [0.3, 0.4) is 0 Å². The number of allylic oxidation sites excluding steroid dienone is 1. The predicted octanol–water partition coefficient (Wildman–Crippen LogP) is 4.23. The van der Waals surface area contributed by atoms with Gasteiger partial charge in [0.2, 0.25) is 5.91 Å². The molecule has 7 heteroatoms. The van der Waals surface area contributed by atoms with Crippen LogP contribution in [0.25, 0.3) is 0 Å². The maximum atomic E-state index is 13.9. The molecule has 29 heavy (non-hydrogen) atoms. The fourth-order valence-electron chi connectivity index (χ4n) is 3.42. The van der Waals surface area contributed by atoms with Crippen molar-refractivity contribution < 1.29 is 22.3 Å². The van der Waals surface area contributed by atoms with E-state index in [-0.39, 0.29) is 10.8 Å². The maximum Gasteiger partial charge on any atom is 0.246 e. The van der Waals surface area contributed by atoms with Gasteiger partial charge in [-0.2, -0.15) is 0 Å². The van der Waals surface area contributed by atoms with Gasteiger partial charge in [-0.1, -0.05) is 19.9 Å². The van der Waals surface area contributed by atoms with Gasteiger partial charge in [0.25, 0.3) is 0 Å². The highest BCUT2D eigenvalue weighted by Crippen LogP contribution is 2.24. The summed E-state index contributed by atoms with van der Waals surface area (Å²) in [6.07, 6.45) is 9.36. The predicted molar refractivity (Wildman–Crippen MR) is 112 cm³/mol. The number of carbonyl (C=O) groups is 1. The number of carbonyl (C=O) groups excluding carboxylic acids is 1. The van der Waals surface area contributed by atoms with Gasteiger partial charge in [0, 0.05) is 25.4 Å². The average molecular weight is 426 g/mol. The summed E-state index contributed by atoms with van der Waals surface area (Å²) in [5.41, 5.74) is 0. The molecule has 0 aliphatic carbocycles. The highest BCUT2D eigenvalue weighted by molar-refractivity contribution is 7.90. The van der Waals surface area contributed by atoms with Crippen molar-refractivity contribution in [3.8, 4) is 5.75 Å². The Morgan fingerprint density at radius 1 is 1.31 bits per heavy atom. The molecule has 0 saturated carbocycles. The fourth-order valence-corrected chi connectivity index (χ4v) is 4.15. The lowest BCUT2D eigenvalue weighted by atomic mass is 9.92. The molecule has 1 saturated heterocycles. The molecule has 162 valence electrons. The normalized spacial score (nSPS) is 16.0. The van der Waals surface area contributed by atoms with Gasteiger partial charge in [0.1, 0.15) is 16.5 Å². The SMILES string of the molecule is CC(C)CC=CC(=O)N1CCC(CCCOc2ccc(S(C)(=O)=O)c(F)c2)CC1. The lowest BCUT2D eigenvalue weighted by Crippen LogP contribution is -2.37. The summed E-state index contributed by atoms with van der Waals surface area (Å²) in [5.74, 6) is 0.771. The minimum absolute atomic E-state index is 0.104. The Morgan fingerprint density at radius 3 is 2.59 bits per heavy atom. The first kappa shape index (κ1) is 23.4. The van der Waals surface area contributed by atoms with Gasteiger partial charge in [0.15, 0.2) is 9.84 Å². The molecule has 0 radical (unpaired) electrons. The lowest BCUT2D eigenvalue weighted by molar-refractivity contribution is -0.127. The summed E-state index contributed by atoms with van der Waals surface area (Å²) in [6.45, 7) is 6.29. The van der Waals surface area contributed by atoms with E-state index in [2.05, 4.69) is 13.8 Å². The Hall–Kier alpha value is -1.89. The molecule has 0 unspecified atom stereocenters. The van der Waals surface area contributed by atoms with Crippen molar-refractivity contribution in [3.63, 3.8) is 0 Å². The van der Waals surface area contributed by atoms with Gasteiger partial charge in [-0.15, -0.1) is 0 Å². The van der Waals surface area contributed by atoms with Crippen molar-refractivity contribution in [2.24, 2.45) is 11.8 Å². The van der Waals surface area contributed by atoms with E-state index in [1.54, 1.807) is 6.08 Å². The van der Waals surface area contributed by atoms with Crippen LogP contribution in [-0.4, -0.2) is 45.2 Å². The summed E-state index contributed by atoms with van der Waals surface area (Å²) in [4.78, 5) is 13.8. The van der Waals surface area contributed by atoms with E-state index >= 15 is 0 Å². The number of rotatable bonds is 9. The maximum absolute atomic E-state index is 13.9. The molecule has 0 aromatic heterocycles. The van der Waals surface area contributed by atoms with Crippen LogP contribution in [0.5, 0.6) is 5.75 Å². The molecular formula is C22H32FNO4S. The van der Waals surface area contributed by atoms with E-state index < -0.39 is 15.7 Å². The molecule has 1 amide bonds. The highest BCUT2D eigenvalue weighted by atomic mass is 32.2. The van der Waals surface area contributed by atoms with Crippen LogP contribution < -0.4 is 4.74 Å². The third kappa shape index (κ3) is 7.80. The number of likely N-dealkylation sites (tertiary alicyclic amines) is 1. The number of hydrogen-bond acceptors (Lipinski definition) is 4. The quantitative estimate of drug-likeness (QED) is 0.439. The Balaban J connectivity index is 1.68. The molecule has 2 rings (SSSR count). The van der Waals surface area contributed by atoms with E-state index in [0.29, 0.717) is 24.2 Å². The van der Waals surface area contributed by atoms with Crippen LogP contribution in [-0.2, 0) is 14.6 Å². The molecule has 0 bridgehead atoms. The van der Waals surface area contributed by atoms with Crippen molar-refractivity contribution >= 4 is 15.7 Å². The Morgan fingerprint density at radius 2 is 2.00 bits per heavy atom. The second-order valence-corrected chi connectivity index (χ2v) is 10.1. The number of sulfone groups is 1. The van der Waals surface area contributed by atoms with E-state index in [1.807, 2.05) is 11.0 Å². The highest BCUT2D eigenvalue weighted by Gasteiger charge is 2.21. The molecule has 1 aromatic rings. The van der Waals surface area contributed by atoms with Crippen molar-refractivity contribution in [1.29, 1.82) is 0 Å². The second kappa shape index (κ2) is 10.8. The van der Waals surface area contributed by atoms with Gasteiger partial charge < -0.3 is 9.64 Å². The van der Waals surface area contributed by atoms with Crippen molar-refractivity contribution in [1.82, 2.24) is 4.90 Å². The van der Waals surface area contributed by atoms with Gasteiger partial charge in [-0.05, 0) is 62.1 Å². The van der Waals surface area contributed by atoms with Crippen LogP contribution in [0.15, 0.2) is 35.2 Å². The molecule has 1 fully saturated rings. The minimum atomic E-state index is -3.57.